The van der Waals surface area contributed by atoms with Crippen molar-refractivity contribution >= 4 is 33.4 Å². The second kappa shape index (κ2) is 3.22. The van der Waals surface area contributed by atoms with E-state index in [0.29, 0.717) is 5.15 Å². The van der Waals surface area contributed by atoms with Crippen LogP contribution in [0.2, 0.25) is 5.15 Å². The SMILES string of the molecule is Cc1cccc2c1[nH]c1c(C)nc(Cl)cc12. The van der Waals surface area contributed by atoms with Crippen LogP contribution in [-0.2, 0) is 0 Å². The molecule has 0 atom stereocenters. The molecular weight excluding hydrogens is 220 g/mol. The summed E-state index contributed by atoms with van der Waals surface area (Å²) < 4.78 is 0. The van der Waals surface area contributed by atoms with Gasteiger partial charge in [-0.05, 0) is 25.5 Å². The fourth-order valence-electron chi connectivity index (χ4n) is 2.19. The maximum atomic E-state index is 6.00. The predicted molar refractivity (Wildman–Crippen MR) is 68.1 cm³/mol. The zero-order valence-corrected chi connectivity index (χ0v) is 9.89. The lowest BCUT2D eigenvalue weighted by atomic mass is 10.1. The van der Waals surface area contributed by atoms with Gasteiger partial charge in [0.1, 0.15) is 5.15 Å². The first-order chi connectivity index (χ1) is 7.66. The molecule has 0 amide bonds. The van der Waals surface area contributed by atoms with Crippen molar-refractivity contribution in [3.05, 3.63) is 40.7 Å². The molecule has 1 aromatic carbocycles. The molecule has 0 aliphatic carbocycles. The normalized spacial score (nSPS) is 11.4. The number of aromatic amines is 1. The van der Waals surface area contributed by atoms with Gasteiger partial charge in [0.05, 0.1) is 11.2 Å². The number of hydrogen-bond donors (Lipinski definition) is 1. The van der Waals surface area contributed by atoms with Crippen LogP contribution in [0, 0.1) is 13.8 Å². The minimum atomic E-state index is 0.549. The highest BCUT2D eigenvalue weighted by atomic mass is 35.5. The Morgan fingerprint density at radius 3 is 2.75 bits per heavy atom. The maximum Gasteiger partial charge on any atom is 0.130 e. The van der Waals surface area contributed by atoms with Crippen LogP contribution in [0.15, 0.2) is 24.3 Å². The lowest BCUT2D eigenvalue weighted by Crippen LogP contribution is -1.83. The van der Waals surface area contributed by atoms with Gasteiger partial charge in [-0.15, -0.1) is 0 Å². The average Bonchev–Trinajstić information content (AvgIpc) is 2.59. The molecule has 0 aliphatic rings. The summed E-state index contributed by atoms with van der Waals surface area (Å²) in [5.41, 5.74) is 4.43. The highest BCUT2D eigenvalue weighted by molar-refractivity contribution is 6.30. The van der Waals surface area contributed by atoms with Gasteiger partial charge in [0.25, 0.3) is 0 Å². The van der Waals surface area contributed by atoms with E-state index in [1.54, 1.807) is 0 Å². The van der Waals surface area contributed by atoms with E-state index >= 15 is 0 Å². The van der Waals surface area contributed by atoms with E-state index in [1.807, 2.05) is 13.0 Å². The van der Waals surface area contributed by atoms with Gasteiger partial charge in [0.2, 0.25) is 0 Å². The number of halogens is 1. The van der Waals surface area contributed by atoms with Gasteiger partial charge in [0, 0.05) is 16.3 Å². The maximum absolute atomic E-state index is 6.00. The van der Waals surface area contributed by atoms with E-state index in [0.717, 1.165) is 16.6 Å². The number of hydrogen-bond acceptors (Lipinski definition) is 1. The Morgan fingerprint density at radius 1 is 1.12 bits per heavy atom. The summed E-state index contributed by atoms with van der Waals surface area (Å²) in [5, 5.41) is 2.91. The molecule has 0 saturated heterocycles. The van der Waals surface area contributed by atoms with Crippen LogP contribution in [0.1, 0.15) is 11.3 Å². The number of aryl methyl sites for hydroxylation is 2. The summed E-state index contributed by atoms with van der Waals surface area (Å²) in [6.45, 7) is 4.07. The minimum absolute atomic E-state index is 0.549. The molecule has 0 radical (unpaired) electrons. The van der Waals surface area contributed by atoms with Gasteiger partial charge in [-0.3, -0.25) is 0 Å². The van der Waals surface area contributed by atoms with Crippen molar-refractivity contribution in [2.75, 3.05) is 0 Å². The molecule has 80 valence electrons. The summed E-state index contributed by atoms with van der Waals surface area (Å²) in [7, 11) is 0. The van der Waals surface area contributed by atoms with Gasteiger partial charge in [-0.25, -0.2) is 4.98 Å². The largest absolute Gasteiger partial charge is 0.353 e. The van der Waals surface area contributed by atoms with Crippen molar-refractivity contribution in [1.82, 2.24) is 9.97 Å². The van der Waals surface area contributed by atoms with Crippen LogP contribution in [-0.4, -0.2) is 9.97 Å². The van der Waals surface area contributed by atoms with Crippen LogP contribution in [0.5, 0.6) is 0 Å². The van der Waals surface area contributed by atoms with Crippen molar-refractivity contribution in [3.8, 4) is 0 Å². The first-order valence-corrected chi connectivity index (χ1v) is 5.59. The third-order valence-electron chi connectivity index (χ3n) is 2.98. The number of rotatable bonds is 0. The Morgan fingerprint density at radius 2 is 1.94 bits per heavy atom. The zero-order chi connectivity index (χ0) is 11.3. The molecule has 16 heavy (non-hydrogen) atoms. The van der Waals surface area contributed by atoms with Crippen LogP contribution in [0.25, 0.3) is 21.8 Å². The number of H-pyrrole nitrogens is 1. The number of benzene rings is 1. The summed E-state index contributed by atoms with van der Waals surface area (Å²) in [6, 6.07) is 8.19. The van der Waals surface area contributed by atoms with Crippen LogP contribution >= 0.6 is 11.6 Å². The quantitative estimate of drug-likeness (QED) is 0.582. The fourth-order valence-corrected chi connectivity index (χ4v) is 2.42. The number of nitrogens with one attached hydrogen (secondary N) is 1. The molecule has 0 aliphatic heterocycles. The van der Waals surface area contributed by atoms with Crippen molar-refractivity contribution in [2.24, 2.45) is 0 Å². The van der Waals surface area contributed by atoms with Gasteiger partial charge >= 0.3 is 0 Å². The second-order valence-corrected chi connectivity index (χ2v) is 4.46. The lowest BCUT2D eigenvalue weighted by molar-refractivity contribution is 1.22. The number of aromatic nitrogens is 2. The second-order valence-electron chi connectivity index (χ2n) is 4.08. The highest BCUT2D eigenvalue weighted by Crippen LogP contribution is 2.30. The van der Waals surface area contributed by atoms with E-state index < -0.39 is 0 Å². The van der Waals surface area contributed by atoms with E-state index in [2.05, 4.69) is 35.1 Å². The van der Waals surface area contributed by atoms with Crippen LogP contribution in [0.3, 0.4) is 0 Å². The van der Waals surface area contributed by atoms with E-state index in [-0.39, 0.29) is 0 Å². The Balaban J connectivity index is 2.61. The number of para-hydroxylation sites is 1. The smallest absolute Gasteiger partial charge is 0.130 e. The molecule has 0 spiro atoms. The standard InChI is InChI=1S/C13H11ClN2/c1-7-4-3-5-9-10-6-11(14)15-8(2)13(10)16-12(7)9/h3-6,16H,1-2H3. The minimum Gasteiger partial charge on any atom is -0.353 e. The van der Waals surface area contributed by atoms with Gasteiger partial charge in [-0.2, -0.15) is 0 Å². The molecule has 2 heterocycles. The van der Waals surface area contributed by atoms with E-state index in [4.69, 9.17) is 11.6 Å². The van der Waals surface area contributed by atoms with Crippen molar-refractivity contribution < 1.29 is 0 Å². The molecule has 3 rings (SSSR count). The zero-order valence-electron chi connectivity index (χ0n) is 9.13. The molecule has 1 N–H and O–H groups in total. The Hall–Kier alpha value is -1.54. The average molecular weight is 231 g/mol. The Labute approximate surface area is 98.3 Å². The summed E-state index contributed by atoms with van der Waals surface area (Å²) in [4.78, 5) is 7.68. The molecule has 0 saturated carbocycles. The Bertz CT molecular complexity index is 698. The molecule has 2 aromatic heterocycles. The van der Waals surface area contributed by atoms with Crippen molar-refractivity contribution in [1.29, 1.82) is 0 Å². The van der Waals surface area contributed by atoms with Crippen LogP contribution < -0.4 is 0 Å². The molecule has 0 fully saturated rings. The first-order valence-electron chi connectivity index (χ1n) is 5.21. The van der Waals surface area contributed by atoms with Gasteiger partial charge in [0.15, 0.2) is 0 Å². The molecule has 0 bridgehead atoms. The van der Waals surface area contributed by atoms with Crippen molar-refractivity contribution in [2.45, 2.75) is 13.8 Å². The van der Waals surface area contributed by atoms with E-state index in [1.165, 1.54) is 16.5 Å². The summed E-state index contributed by atoms with van der Waals surface area (Å²) in [5.74, 6) is 0. The molecule has 3 aromatic rings. The molecular formula is C13H11ClN2. The predicted octanol–water partition coefficient (Wildman–Crippen LogP) is 3.99. The lowest BCUT2D eigenvalue weighted by Gasteiger charge is -1.96. The number of fused-ring (bicyclic) bond motifs is 3. The van der Waals surface area contributed by atoms with Gasteiger partial charge in [-0.1, -0.05) is 29.8 Å². The summed E-state index contributed by atoms with van der Waals surface area (Å²) >= 11 is 6.00. The third kappa shape index (κ3) is 1.23. The first kappa shape index (κ1) is 9.67. The van der Waals surface area contributed by atoms with E-state index in [9.17, 15) is 0 Å². The monoisotopic (exact) mass is 230 g/mol. The number of nitrogens with zero attached hydrogens (tertiary/aromatic N) is 1. The third-order valence-corrected chi connectivity index (χ3v) is 3.18. The van der Waals surface area contributed by atoms with Crippen molar-refractivity contribution in [3.63, 3.8) is 0 Å². The van der Waals surface area contributed by atoms with Gasteiger partial charge < -0.3 is 4.98 Å². The fraction of sp³-hybridized carbons (Fsp3) is 0.154. The van der Waals surface area contributed by atoms with Crippen LogP contribution in [0.4, 0.5) is 0 Å². The number of pyridine rings is 1. The highest BCUT2D eigenvalue weighted by Gasteiger charge is 2.09. The summed E-state index contributed by atoms with van der Waals surface area (Å²) in [6.07, 6.45) is 0. The Kier molecular flexibility index (Phi) is 1.95. The molecule has 2 nitrogen and oxygen atoms in total. The molecule has 3 heteroatoms. The topological polar surface area (TPSA) is 28.7 Å². The molecule has 0 unspecified atom stereocenters.